The van der Waals surface area contributed by atoms with E-state index in [1.807, 2.05) is 35.7 Å². The standard InChI is InChI=1S/C22H27ClN4O/c1-14-20(15-7-9-16(23)10-8-15)21-25-18(22(2,3)4)12-19(27(21)26-14)24-13-17-6-5-11-28-17/h7-10,12,17,24H,5-6,11,13H2,1-4H3/t17-/m1/s1. The molecule has 148 valence electrons. The number of aromatic nitrogens is 3. The second-order valence-electron chi connectivity index (χ2n) is 8.50. The van der Waals surface area contributed by atoms with Crippen molar-refractivity contribution >= 4 is 23.1 Å². The van der Waals surface area contributed by atoms with Gasteiger partial charge in [-0.2, -0.15) is 9.61 Å². The van der Waals surface area contributed by atoms with E-state index in [0.717, 1.165) is 65.0 Å². The van der Waals surface area contributed by atoms with Gasteiger partial charge in [-0.1, -0.05) is 44.5 Å². The number of ether oxygens (including phenoxy) is 1. The van der Waals surface area contributed by atoms with Crippen LogP contribution < -0.4 is 5.32 Å². The number of halogens is 1. The molecule has 0 aliphatic carbocycles. The molecule has 1 atom stereocenters. The molecule has 0 radical (unpaired) electrons. The first-order valence-corrected chi connectivity index (χ1v) is 10.2. The van der Waals surface area contributed by atoms with E-state index in [9.17, 15) is 0 Å². The highest BCUT2D eigenvalue weighted by molar-refractivity contribution is 6.30. The average Bonchev–Trinajstić information content (AvgIpc) is 3.27. The molecule has 1 aromatic carbocycles. The Morgan fingerprint density at radius 2 is 2.00 bits per heavy atom. The van der Waals surface area contributed by atoms with Crippen molar-refractivity contribution in [2.75, 3.05) is 18.5 Å². The fourth-order valence-corrected chi connectivity index (χ4v) is 3.74. The van der Waals surface area contributed by atoms with Crippen LogP contribution in [0.25, 0.3) is 16.8 Å². The second kappa shape index (κ2) is 7.37. The van der Waals surface area contributed by atoms with E-state index >= 15 is 0 Å². The van der Waals surface area contributed by atoms with Crippen LogP contribution in [0, 0.1) is 6.92 Å². The van der Waals surface area contributed by atoms with Gasteiger partial charge in [-0.05, 0) is 37.5 Å². The highest BCUT2D eigenvalue weighted by Gasteiger charge is 2.23. The van der Waals surface area contributed by atoms with Crippen LogP contribution in [-0.4, -0.2) is 33.9 Å². The van der Waals surface area contributed by atoms with E-state index in [2.05, 4.69) is 32.2 Å². The summed E-state index contributed by atoms with van der Waals surface area (Å²) in [5.41, 5.74) is 4.88. The Morgan fingerprint density at radius 1 is 1.25 bits per heavy atom. The number of benzene rings is 1. The zero-order valence-corrected chi connectivity index (χ0v) is 17.7. The molecule has 28 heavy (non-hydrogen) atoms. The predicted molar refractivity (Wildman–Crippen MR) is 114 cm³/mol. The van der Waals surface area contributed by atoms with Gasteiger partial charge in [0.1, 0.15) is 5.82 Å². The number of anilines is 1. The Hall–Kier alpha value is -2.11. The third-order valence-corrected chi connectivity index (χ3v) is 5.45. The van der Waals surface area contributed by atoms with Gasteiger partial charge >= 0.3 is 0 Å². The molecule has 0 unspecified atom stereocenters. The maximum atomic E-state index is 6.09. The summed E-state index contributed by atoms with van der Waals surface area (Å²) in [4.78, 5) is 5.00. The van der Waals surface area contributed by atoms with Crippen molar-refractivity contribution in [3.05, 3.63) is 46.7 Å². The lowest BCUT2D eigenvalue weighted by molar-refractivity contribution is 0.120. The molecule has 0 amide bonds. The van der Waals surface area contributed by atoms with Crippen LogP contribution in [0.15, 0.2) is 30.3 Å². The highest BCUT2D eigenvalue weighted by Crippen LogP contribution is 2.32. The minimum absolute atomic E-state index is 0.0719. The Morgan fingerprint density at radius 3 is 2.64 bits per heavy atom. The van der Waals surface area contributed by atoms with E-state index in [4.69, 9.17) is 26.4 Å². The van der Waals surface area contributed by atoms with Crippen LogP contribution in [0.1, 0.15) is 45.0 Å². The lowest BCUT2D eigenvalue weighted by Crippen LogP contribution is -2.21. The quantitative estimate of drug-likeness (QED) is 0.652. The van der Waals surface area contributed by atoms with Crippen molar-refractivity contribution < 1.29 is 4.74 Å². The van der Waals surface area contributed by atoms with Gasteiger partial charge in [0, 0.05) is 35.2 Å². The van der Waals surface area contributed by atoms with E-state index in [1.54, 1.807) is 0 Å². The molecule has 3 aromatic rings. The van der Waals surface area contributed by atoms with E-state index in [0.29, 0.717) is 0 Å². The molecular weight excluding hydrogens is 372 g/mol. The molecule has 2 aromatic heterocycles. The monoisotopic (exact) mass is 398 g/mol. The molecule has 1 aliphatic heterocycles. The molecule has 1 N–H and O–H groups in total. The van der Waals surface area contributed by atoms with Crippen molar-refractivity contribution in [1.82, 2.24) is 14.6 Å². The van der Waals surface area contributed by atoms with E-state index < -0.39 is 0 Å². The Bertz CT molecular complexity index is 982. The van der Waals surface area contributed by atoms with E-state index in [1.165, 1.54) is 0 Å². The Kier molecular flexibility index (Phi) is 5.06. The van der Waals surface area contributed by atoms with Gasteiger partial charge in [0.25, 0.3) is 0 Å². The fourth-order valence-electron chi connectivity index (χ4n) is 3.61. The van der Waals surface area contributed by atoms with Crippen molar-refractivity contribution in [3.63, 3.8) is 0 Å². The first kappa shape index (κ1) is 19.2. The van der Waals surface area contributed by atoms with Crippen LogP contribution in [0.2, 0.25) is 5.02 Å². The molecule has 0 saturated carbocycles. The summed E-state index contributed by atoms with van der Waals surface area (Å²) in [6.45, 7) is 10.2. The molecule has 1 aliphatic rings. The molecule has 6 heteroatoms. The molecule has 5 nitrogen and oxygen atoms in total. The predicted octanol–water partition coefficient (Wildman–Crippen LogP) is 5.25. The summed E-state index contributed by atoms with van der Waals surface area (Å²) in [5.74, 6) is 0.953. The van der Waals surface area contributed by atoms with Crippen LogP contribution >= 0.6 is 11.6 Å². The summed E-state index contributed by atoms with van der Waals surface area (Å²) in [7, 11) is 0. The smallest absolute Gasteiger partial charge is 0.165 e. The summed E-state index contributed by atoms with van der Waals surface area (Å²) in [5, 5.41) is 9.08. The van der Waals surface area contributed by atoms with Gasteiger partial charge in [-0.25, -0.2) is 4.98 Å². The third kappa shape index (κ3) is 3.74. The first-order valence-electron chi connectivity index (χ1n) is 9.85. The maximum absolute atomic E-state index is 6.09. The third-order valence-electron chi connectivity index (χ3n) is 5.20. The molecule has 0 spiro atoms. The first-order chi connectivity index (χ1) is 13.3. The summed E-state index contributed by atoms with van der Waals surface area (Å²) < 4.78 is 7.69. The molecule has 0 bridgehead atoms. The largest absolute Gasteiger partial charge is 0.376 e. The van der Waals surface area contributed by atoms with Gasteiger partial charge in [0.05, 0.1) is 17.5 Å². The van der Waals surface area contributed by atoms with Gasteiger partial charge in [0.15, 0.2) is 5.65 Å². The number of fused-ring (bicyclic) bond motifs is 1. The van der Waals surface area contributed by atoms with Gasteiger partial charge < -0.3 is 10.1 Å². The lowest BCUT2D eigenvalue weighted by Gasteiger charge is -2.20. The Balaban J connectivity index is 1.83. The maximum Gasteiger partial charge on any atom is 0.165 e. The van der Waals surface area contributed by atoms with Crippen LogP contribution in [0.4, 0.5) is 5.82 Å². The summed E-state index contributed by atoms with van der Waals surface area (Å²) in [6.07, 6.45) is 2.49. The van der Waals surface area contributed by atoms with Crippen LogP contribution in [0.5, 0.6) is 0 Å². The highest BCUT2D eigenvalue weighted by atomic mass is 35.5. The number of rotatable bonds is 4. The molecule has 1 saturated heterocycles. The molecular formula is C22H27ClN4O. The van der Waals surface area contributed by atoms with E-state index in [-0.39, 0.29) is 11.5 Å². The minimum atomic E-state index is -0.0719. The van der Waals surface area contributed by atoms with Crippen molar-refractivity contribution in [3.8, 4) is 11.1 Å². The summed E-state index contributed by atoms with van der Waals surface area (Å²) >= 11 is 6.09. The lowest BCUT2D eigenvalue weighted by atomic mass is 9.92. The second-order valence-corrected chi connectivity index (χ2v) is 8.93. The van der Waals surface area contributed by atoms with Gasteiger partial charge in [-0.15, -0.1) is 0 Å². The number of aryl methyl sites for hydroxylation is 1. The molecule has 1 fully saturated rings. The SMILES string of the molecule is Cc1nn2c(NC[C@H]3CCCO3)cc(C(C)(C)C)nc2c1-c1ccc(Cl)cc1. The normalized spacial score (nSPS) is 17.4. The summed E-state index contributed by atoms with van der Waals surface area (Å²) in [6, 6.07) is 9.97. The number of nitrogens with one attached hydrogen (secondary N) is 1. The van der Waals surface area contributed by atoms with Crippen LogP contribution in [0.3, 0.4) is 0 Å². The topological polar surface area (TPSA) is 51.5 Å². The van der Waals surface area contributed by atoms with Gasteiger partial charge in [-0.3, -0.25) is 0 Å². The number of nitrogens with zero attached hydrogens (tertiary/aromatic N) is 3. The van der Waals surface area contributed by atoms with Gasteiger partial charge in [0.2, 0.25) is 0 Å². The number of hydrogen-bond donors (Lipinski definition) is 1. The molecule has 4 rings (SSSR count). The molecule has 3 heterocycles. The number of hydrogen-bond acceptors (Lipinski definition) is 4. The van der Waals surface area contributed by atoms with Crippen LogP contribution in [-0.2, 0) is 10.2 Å². The van der Waals surface area contributed by atoms with Crippen molar-refractivity contribution in [1.29, 1.82) is 0 Å². The zero-order valence-electron chi connectivity index (χ0n) is 16.9. The van der Waals surface area contributed by atoms with Crippen molar-refractivity contribution in [2.45, 2.75) is 52.1 Å². The average molecular weight is 399 g/mol. The Labute approximate surface area is 171 Å². The zero-order chi connectivity index (χ0) is 19.9. The fraction of sp³-hybridized carbons (Fsp3) is 0.455. The van der Waals surface area contributed by atoms with Crippen molar-refractivity contribution in [2.24, 2.45) is 0 Å². The minimum Gasteiger partial charge on any atom is -0.376 e.